The van der Waals surface area contributed by atoms with Gasteiger partial charge in [-0.25, -0.2) is 19.2 Å². The predicted octanol–water partition coefficient (Wildman–Crippen LogP) is 4.61. The molecular weight excluding hydrogens is 688 g/mol. The zero-order valence-electron chi connectivity index (χ0n) is 28.4. The Morgan fingerprint density at radius 1 is 0.667 bits per heavy atom. The van der Waals surface area contributed by atoms with Crippen LogP contribution in [0.3, 0.4) is 0 Å². The molecule has 0 aliphatic heterocycles. The number of hydrogen-bond acceptors (Lipinski definition) is 12. The summed E-state index contributed by atoms with van der Waals surface area (Å²) in [5, 5.41) is 6.47. The van der Waals surface area contributed by atoms with E-state index >= 15 is 0 Å². The number of methoxy groups -OCH3 is 2. The molecule has 0 aliphatic carbocycles. The van der Waals surface area contributed by atoms with Crippen molar-refractivity contribution in [2.75, 3.05) is 59.4 Å². The molecule has 13 heteroatoms. The second-order valence-electron chi connectivity index (χ2n) is 9.44. The van der Waals surface area contributed by atoms with Crippen LogP contribution in [0, 0.1) is 0 Å². The highest BCUT2D eigenvalue weighted by molar-refractivity contribution is 9.09. The molecule has 2 aromatic carbocycles. The fraction of sp³-hybridized carbons (Fsp3) is 0.543. The lowest BCUT2D eigenvalue weighted by Crippen LogP contribution is -2.60. The molecule has 2 rings (SSSR count). The standard InChI is InChI=1S/C17H25NO5.C9H17NO5.C8H9Br.CH4/c1-4-22-15(19)17(18-13-21-3,16(20)23-5-2)12-11-14-9-7-6-8-10-14;1-4-14-8(11)7(10-6-13-3)9(12)15-5-2;9-7-6-8-4-2-1-3-5-8;/h6-10,18H,4-5,11-13H2,1-3H3;7,10H,4-6H2,1-3H3;1-5H,6-7H2;1H4. The van der Waals surface area contributed by atoms with E-state index in [4.69, 9.17) is 28.4 Å². The average Bonchev–Trinajstić information content (AvgIpc) is 3.07. The lowest BCUT2D eigenvalue weighted by molar-refractivity contribution is -0.168. The summed E-state index contributed by atoms with van der Waals surface area (Å²) in [4.78, 5) is 47.6. The zero-order valence-corrected chi connectivity index (χ0v) is 30.0. The van der Waals surface area contributed by atoms with E-state index in [0.717, 1.165) is 17.3 Å². The lowest BCUT2D eigenvalue weighted by Gasteiger charge is -2.30. The van der Waals surface area contributed by atoms with Gasteiger partial charge in [-0.3, -0.25) is 10.6 Å². The van der Waals surface area contributed by atoms with Gasteiger partial charge in [-0.1, -0.05) is 84.0 Å². The fourth-order valence-corrected chi connectivity index (χ4v) is 4.29. The third kappa shape index (κ3) is 18.8. The van der Waals surface area contributed by atoms with E-state index in [0.29, 0.717) is 6.42 Å². The number of esters is 4. The summed E-state index contributed by atoms with van der Waals surface area (Å²) in [6.45, 7) is 7.61. The summed E-state index contributed by atoms with van der Waals surface area (Å²) in [6, 6.07) is 19.0. The summed E-state index contributed by atoms with van der Waals surface area (Å²) >= 11 is 3.39. The van der Waals surface area contributed by atoms with Crippen LogP contribution in [-0.2, 0) is 60.4 Å². The molecule has 2 aromatic rings. The molecule has 0 saturated carbocycles. The van der Waals surface area contributed by atoms with Gasteiger partial charge in [0.15, 0.2) is 0 Å². The highest BCUT2D eigenvalue weighted by atomic mass is 79.9. The minimum absolute atomic E-state index is 0. The van der Waals surface area contributed by atoms with Gasteiger partial charge in [0.25, 0.3) is 0 Å². The van der Waals surface area contributed by atoms with Crippen molar-refractivity contribution in [1.82, 2.24) is 10.6 Å². The molecule has 272 valence electrons. The van der Waals surface area contributed by atoms with Crippen molar-refractivity contribution in [3.8, 4) is 0 Å². The van der Waals surface area contributed by atoms with Gasteiger partial charge in [0, 0.05) is 19.5 Å². The second kappa shape index (κ2) is 29.8. The van der Waals surface area contributed by atoms with Gasteiger partial charge in [0.05, 0.1) is 39.9 Å². The Morgan fingerprint density at radius 3 is 1.46 bits per heavy atom. The van der Waals surface area contributed by atoms with Crippen molar-refractivity contribution in [2.45, 2.75) is 66.0 Å². The quantitative estimate of drug-likeness (QED) is 0.0681. The van der Waals surface area contributed by atoms with E-state index in [-0.39, 0.29) is 53.7 Å². The van der Waals surface area contributed by atoms with Crippen molar-refractivity contribution in [3.63, 3.8) is 0 Å². The van der Waals surface area contributed by atoms with Crippen LogP contribution in [-0.4, -0.2) is 94.9 Å². The maximum absolute atomic E-state index is 12.5. The normalized spacial score (nSPS) is 10.2. The van der Waals surface area contributed by atoms with E-state index in [1.54, 1.807) is 27.7 Å². The first-order chi connectivity index (χ1) is 22.7. The van der Waals surface area contributed by atoms with Crippen LogP contribution in [0.15, 0.2) is 60.7 Å². The van der Waals surface area contributed by atoms with Gasteiger partial charge in [-0.2, -0.15) is 0 Å². The Labute approximate surface area is 294 Å². The van der Waals surface area contributed by atoms with Crippen molar-refractivity contribution in [3.05, 3.63) is 71.8 Å². The van der Waals surface area contributed by atoms with E-state index in [1.807, 2.05) is 36.4 Å². The van der Waals surface area contributed by atoms with Crippen LogP contribution in [0.2, 0.25) is 0 Å². The van der Waals surface area contributed by atoms with Gasteiger partial charge >= 0.3 is 23.9 Å². The SMILES string of the molecule is BrCCc1ccccc1.C.CCOC(=O)C(CCc1ccccc1)(NCOC)C(=O)OCC.CCOC(=O)C(NCOC)C(=O)OCC. The molecular formula is C35H55BrN2O10. The third-order valence-electron chi connectivity index (χ3n) is 6.10. The summed E-state index contributed by atoms with van der Waals surface area (Å²) in [7, 11) is 2.92. The number of aryl methyl sites for hydroxylation is 2. The van der Waals surface area contributed by atoms with E-state index in [2.05, 4.69) is 50.8 Å². The largest absolute Gasteiger partial charge is 0.464 e. The summed E-state index contributed by atoms with van der Waals surface area (Å²) in [5.41, 5.74) is 0.844. The number of benzene rings is 2. The zero-order chi connectivity index (χ0) is 35.3. The van der Waals surface area contributed by atoms with Gasteiger partial charge < -0.3 is 28.4 Å². The smallest absolute Gasteiger partial charge is 0.338 e. The van der Waals surface area contributed by atoms with Gasteiger partial charge in [0.2, 0.25) is 11.6 Å². The molecule has 0 spiro atoms. The molecule has 0 bridgehead atoms. The number of carbonyl (C=O) groups is 4. The van der Waals surface area contributed by atoms with E-state index in [1.165, 1.54) is 19.8 Å². The highest BCUT2D eigenvalue weighted by Gasteiger charge is 2.48. The molecule has 0 atom stereocenters. The molecule has 0 radical (unpaired) electrons. The predicted molar refractivity (Wildman–Crippen MR) is 189 cm³/mol. The molecule has 2 N–H and O–H groups in total. The molecule has 0 saturated heterocycles. The van der Waals surface area contributed by atoms with Gasteiger partial charge in [-0.05, 0) is 58.1 Å². The van der Waals surface area contributed by atoms with Crippen LogP contribution in [0.1, 0.15) is 52.7 Å². The number of alkyl halides is 1. The molecule has 0 fully saturated rings. The lowest BCUT2D eigenvalue weighted by atomic mass is 9.91. The Kier molecular flexibility index (Phi) is 29.0. The maximum Gasteiger partial charge on any atom is 0.338 e. The van der Waals surface area contributed by atoms with Crippen LogP contribution in [0.4, 0.5) is 0 Å². The topological polar surface area (TPSA) is 148 Å². The van der Waals surface area contributed by atoms with E-state index in [9.17, 15) is 19.2 Å². The minimum Gasteiger partial charge on any atom is -0.464 e. The summed E-state index contributed by atoms with van der Waals surface area (Å²) in [6.07, 6.45) is 1.87. The summed E-state index contributed by atoms with van der Waals surface area (Å²) in [5.74, 6) is -2.61. The van der Waals surface area contributed by atoms with E-state index < -0.39 is 35.5 Å². The number of nitrogens with one attached hydrogen (secondary N) is 2. The van der Waals surface area contributed by atoms with Crippen molar-refractivity contribution in [2.24, 2.45) is 0 Å². The first kappa shape index (κ1) is 46.8. The Bertz CT molecular complexity index is 1090. The van der Waals surface area contributed by atoms with Crippen molar-refractivity contribution < 1.29 is 47.6 Å². The fourth-order valence-electron chi connectivity index (χ4n) is 3.84. The number of carbonyl (C=O) groups excluding carboxylic acids is 4. The van der Waals surface area contributed by atoms with Crippen molar-refractivity contribution >= 4 is 39.8 Å². The van der Waals surface area contributed by atoms with Crippen molar-refractivity contribution in [1.29, 1.82) is 0 Å². The second-order valence-corrected chi connectivity index (χ2v) is 10.2. The number of hydrogen-bond donors (Lipinski definition) is 2. The van der Waals surface area contributed by atoms with Crippen LogP contribution >= 0.6 is 15.9 Å². The Hall–Kier alpha value is -3.36. The van der Waals surface area contributed by atoms with Crippen LogP contribution in [0.5, 0.6) is 0 Å². The van der Waals surface area contributed by atoms with Gasteiger partial charge in [-0.15, -0.1) is 0 Å². The Morgan fingerprint density at radius 2 is 1.08 bits per heavy atom. The minimum atomic E-state index is -1.57. The molecule has 0 aliphatic rings. The van der Waals surface area contributed by atoms with Crippen LogP contribution < -0.4 is 10.6 Å². The first-order valence-electron chi connectivity index (χ1n) is 15.5. The maximum atomic E-state index is 12.5. The third-order valence-corrected chi connectivity index (χ3v) is 6.50. The average molecular weight is 744 g/mol. The molecule has 0 heterocycles. The van der Waals surface area contributed by atoms with Crippen LogP contribution in [0.25, 0.3) is 0 Å². The van der Waals surface area contributed by atoms with Gasteiger partial charge in [0.1, 0.15) is 0 Å². The Balaban J connectivity index is 0. The molecule has 0 amide bonds. The molecule has 48 heavy (non-hydrogen) atoms. The molecule has 0 unspecified atom stereocenters. The highest BCUT2D eigenvalue weighted by Crippen LogP contribution is 2.19. The monoisotopic (exact) mass is 742 g/mol. The number of rotatable bonds is 19. The molecule has 12 nitrogen and oxygen atoms in total. The number of halogens is 1. The first-order valence-corrected chi connectivity index (χ1v) is 16.6. The summed E-state index contributed by atoms with van der Waals surface area (Å²) < 4.78 is 29.3. The number of ether oxygens (including phenoxy) is 6. The molecule has 0 aromatic heterocycles.